The molecule has 15 heavy (non-hydrogen) atoms. The Morgan fingerprint density at radius 2 is 2.00 bits per heavy atom. The van der Waals surface area contributed by atoms with E-state index in [4.69, 9.17) is 9.84 Å². The van der Waals surface area contributed by atoms with E-state index in [1.165, 1.54) is 0 Å². The van der Waals surface area contributed by atoms with Crippen LogP contribution in [0.4, 0.5) is 0 Å². The van der Waals surface area contributed by atoms with E-state index >= 15 is 0 Å². The Morgan fingerprint density at radius 3 is 2.53 bits per heavy atom. The second-order valence-corrected chi connectivity index (χ2v) is 3.38. The van der Waals surface area contributed by atoms with Gasteiger partial charge in [-0.3, -0.25) is 4.79 Å². The molecule has 1 rings (SSSR count). The molecule has 1 aromatic carbocycles. The molecular weight excluding hydrogens is 192 g/mol. The molecule has 0 heterocycles. The lowest BCUT2D eigenvalue weighted by Gasteiger charge is -2.04. The van der Waals surface area contributed by atoms with Gasteiger partial charge in [-0.15, -0.1) is 0 Å². The fourth-order valence-corrected chi connectivity index (χ4v) is 1.17. The predicted molar refractivity (Wildman–Crippen MR) is 57.5 cm³/mol. The number of esters is 1. The normalized spacial score (nSPS) is 10.0. The van der Waals surface area contributed by atoms with Crippen molar-refractivity contribution in [1.82, 2.24) is 0 Å². The van der Waals surface area contributed by atoms with Crippen molar-refractivity contribution in [3.8, 4) is 5.75 Å². The summed E-state index contributed by atoms with van der Waals surface area (Å²) in [6.07, 6.45) is 2.30. The van der Waals surface area contributed by atoms with E-state index in [0.29, 0.717) is 12.2 Å². The zero-order valence-corrected chi connectivity index (χ0v) is 8.90. The lowest BCUT2D eigenvalue weighted by molar-refractivity contribution is -0.134. The van der Waals surface area contributed by atoms with Gasteiger partial charge in [0.15, 0.2) is 0 Å². The highest BCUT2D eigenvalue weighted by atomic mass is 16.5. The molecule has 0 aliphatic heterocycles. The van der Waals surface area contributed by atoms with Crippen LogP contribution in [0.25, 0.3) is 0 Å². The van der Waals surface area contributed by atoms with Gasteiger partial charge < -0.3 is 9.84 Å². The summed E-state index contributed by atoms with van der Waals surface area (Å²) in [5, 5.41) is 8.82. The Labute approximate surface area is 89.7 Å². The average Bonchev–Trinajstić information content (AvgIpc) is 2.27. The molecule has 3 heteroatoms. The van der Waals surface area contributed by atoms with Crippen molar-refractivity contribution in [3.05, 3.63) is 29.8 Å². The van der Waals surface area contributed by atoms with E-state index in [9.17, 15) is 4.79 Å². The highest BCUT2D eigenvalue weighted by molar-refractivity contribution is 5.72. The van der Waals surface area contributed by atoms with E-state index in [0.717, 1.165) is 18.4 Å². The maximum absolute atomic E-state index is 11.3. The minimum absolute atomic E-state index is 0.00403. The van der Waals surface area contributed by atoms with Gasteiger partial charge in [-0.2, -0.15) is 0 Å². The molecule has 1 N–H and O–H groups in total. The number of carbonyl (C=O) groups excluding carboxylic acids is 1. The first-order valence-corrected chi connectivity index (χ1v) is 5.16. The Hall–Kier alpha value is -1.35. The van der Waals surface area contributed by atoms with Crippen LogP contribution in [-0.2, 0) is 11.4 Å². The molecule has 1 aromatic rings. The summed E-state index contributed by atoms with van der Waals surface area (Å²) in [5.41, 5.74) is 0.809. The van der Waals surface area contributed by atoms with Crippen LogP contribution in [-0.4, -0.2) is 11.1 Å². The number of aliphatic hydroxyl groups excluding tert-OH is 1. The van der Waals surface area contributed by atoms with Crippen LogP contribution in [0, 0.1) is 0 Å². The first-order valence-electron chi connectivity index (χ1n) is 5.16. The first-order chi connectivity index (χ1) is 7.26. The topological polar surface area (TPSA) is 46.5 Å². The third-order valence-corrected chi connectivity index (χ3v) is 2.07. The highest BCUT2D eigenvalue weighted by Crippen LogP contribution is 2.13. The Balaban J connectivity index is 2.46. The number of aliphatic hydroxyl groups is 1. The van der Waals surface area contributed by atoms with Gasteiger partial charge in [0.25, 0.3) is 0 Å². The number of rotatable bonds is 5. The van der Waals surface area contributed by atoms with E-state index in [-0.39, 0.29) is 12.6 Å². The van der Waals surface area contributed by atoms with E-state index in [1.807, 2.05) is 6.92 Å². The van der Waals surface area contributed by atoms with E-state index in [2.05, 4.69) is 0 Å². The molecule has 0 saturated heterocycles. The highest BCUT2D eigenvalue weighted by Gasteiger charge is 2.03. The second-order valence-electron chi connectivity index (χ2n) is 3.38. The van der Waals surface area contributed by atoms with Gasteiger partial charge in [0, 0.05) is 6.42 Å². The third kappa shape index (κ3) is 4.13. The molecule has 0 amide bonds. The molecule has 0 aromatic heterocycles. The van der Waals surface area contributed by atoms with E-state index in [1.54, 1.807) is 24.3 Å². The first kappa shape index (κ1) is 11.7. The Bertz CT molecular complexity index is 303. The summed E-state index contributed by atoms with van der Waals surface area (Å²) in [7, 11) is 0. The summed E-state index contributed by atoms with van der Waals surface area (Å²) in [4.78, 5) is 11.3. The quantitative estimate of drug-likeness (QED) is 0.596. The standard InChI is InChI=1S/C12H16O3/c1-2-3-4-12(14)15-11-7-5-10(9-13)6-8-11/h5-8,13H,2-4,9H2,1H3. The minimum Gasteiger partial charge on any atom is -0.427 e. The van der Waals surface area contributed by atoms with Gasteiger partial charge >= 0.3 is 5.97 Å². The second kappa shape index (κ2) is 6.19. The summed E-state index contributed by atoms with van der Waals surface area (Å²) >= 11 is 0. The summed E-state index contributed by atoms with van der Waals surface area (Å²) in [6.45, 7) is 2.04. The fourth-order valence-electron chi connectivity index (χ4n) is 1.17. The number of carbonyl (C=O) groups is 1. The minimum atomic E-state index is -0.200. The largest absolute Gasteiger partial charge is 0.427 e. The van der Waals surface area contributed by atoms with Crippen molar-refractivity contribution in [3.63, 3.8) is 0 Å². The molecule has 0 atom stereocenters. The molecule has 0 aliphatic carbocycles. The average molecular weight is 208 g/mol. The summed E-state index contributed by atoms with van der Waals surface area (Å²) in [5.74, 6) is 0.335. The van der Waals surface area contributed by atoms with Crippen LogP contribution in [0.15, 0.2) is 24.3 Å². The van der Waals surface area contributed by atoms with Crippen molar-refractivity contribution in [2.24, 2.45) is 0 Å². The third-order valence-electron chi connectivity index (χ3n) is 2.07. The van der Waals surface area contributed by atoms with Gasteiger partial charge in [0.05, 0.1) is 6.61 Å². The Morgan fingerprint density at radius 1 is 1.33 bits per heavy atom. The number of benzene rings is 1. The van der Waals surface area contributed by atoms with Crippen LogP contribution >= 0.6 is 0 Å². The summed E-state index contributed by atoms with van der Waals surface area (Å²) in [6, 6.07) is 6.86. The summed E-state index contributed by atoms with van der Waals surface area (Å²) < 4.78 is 5.10. The van der Waals surface area contributed by atoms with Crippen LogP contribution in [0.5, 0.6) is 5.75 Å². The van der Waals surface area contributed by atoms with Gasteiger partial charge in [0.2, 0.25) is 0 Å². The van der Waals surface area contributed by atoms with Crippen LogP contribution in [0.2, 0.25) is 0 Å². The lowest BCUT2D eigenvalue weighted by atomic mass is 10.2. The maximum Gasteiger partial charge on any atom is 0.311 e. The number of unbranched alkanes of at least 4 members (excludes halogenated alkanes) is 1. The van der Waals surface area contributed by atoms with Crippen molar-refractivity contribution in [2.75, 3.05) is 0 Å². The Kier molecular flexibility index (Phi) is 4.84. The van der Waals surface area contributed by atoms with Crippen LogP contribution < -0.4 is 4.74 Å². The fraction of sp³-hybridized carbons (Fsp3) is 0.417. The van der Waals surface area contributed by atoms with Gasteiger partial charge in [-0.1, -0.05) is 25.5 Å². The van der Waals surface area contributed by atoms with Crippen molar-refractivity contribution in [1.29, 1.82) is 0 Å². The van der Waals surface area contributed by atoms with Crippen molar-refractivity contribution < 1.29 is 14.6 Å². The van der Waals surface area contributed by atoms with Crippen LogP contribution in [0.1, 0.15) is 31.7 Å². The van der Waals surface area contributed by atoms with Crippen molar-refractivity contribution >= 4 is 5.97 Å². The molecule has 82 valence electrons. The number of hydrogen-bond acceptors (Lipinski definition) is 3. The molecule has 0 spiro atoms. The zero-order valence-electron chi connectivity index (χ0n) is 8.90. The predicted octanol–water partition coefficient (Wildman–Crippen LogP) is 2.27. The van der Waals surface area contributed by atoms with Crippen LogP contribution in [0.3, 0.4) is 0 Å². The van der Waals surface area contributed by atoms with Gasteiger partial charge in [-0.25, -0.2) is 0 Å². The lowest BCUT2D eigenvalue weighted by Crippen LogP contribution is -2.07. The van der Waals surface area contributed by atoms with Crippen molar-refractivity contribution in [2.45, 2.75) is 32.8 Å². The molecule has 0 bridgehead atoms. The monoisotopic (exact) mass is 208 g/mol. The zero-order chi connectivity index (χ0) is 11.1. The SMILES string of the molecule is CCCCC(=O)Oc1ccc(CO)cc1. The molecule has 0 radical (unpaired) electrons. The maximum atomic E-state index is 11.3. The molecule has 0 saturated carbocycles. The molecule has 0 aliphatic rings. The number of hydrogen-bond donors (Lipinski definition) is 1. The molecular formula is C12H16O3. The number of ether oxygens (including phenoxy) is 1. The van der Waals surface area contributed by atoms with Gasteiger partial charge in [0.1, 0.15) is 5.75 Å². The molecule has 0 fully saturated rings. The van der Waals surface area contributed by atoms with Gasteiger partial charge in [-0.05, 0) is 24.1 Å². The van der Waals surface area contributed by atoms with E-state index < -0.39 is 0 Å². The molecule has 3 nitrogen and oxygen atoms in total. The molecule has 0 unspecified atom stereocenters. The smallest absolute Gasteiger partial charge is 0.311 e.